The van der Waals surface area contributed by atoms with E-state index in [1.165, 1.54) is 44.5 Å². The summed E-state index contributed by atoms with van der Waals surface area (Å²) in [5.41, 5.74) is 15.3. The SMILES string of the molecule is C1=CC2=C(CC1)C1(c3ccccc32)c2cc(-c3nc(-c4ccccc4)nc(-c4ccccc4)n3)ccc2-c2ccc(-c3nc(-c4ccccc4)nc(-c4ccccc4)n3)cc21. The van der Waals surface area contributed by atoms with Crippen molar-refractivity contribution in [1.82, 2.24) is 29.9 Å². The molecule has 9 aromatic rings. The zero-order valence-corrected chi connectivity index (χ0v) is 33.1. The van der Waals surface area contributed by atoms with Gasteiger partial charge in [0.15, 0.2) is 34.9 Å². The van der Waals surface area contributed by atoms with E-state index >= 15 is 0 Å². The maximum absolute atomic E-state index is 5.17. The lowest BCUT2D eigenvalue weighted by Gasteiger charge is -2.33. The first kappa shape index (κ1) is 35.0. The Morgan fingerprint density at radius 2 is 0.705 bits per heavy atom. The molecule has 7 aromatic carbocycles. The molecule has 0 radical (unpaired) electrons. The van der Waals surface area contributed by atoms with Crippen LogP contribution >= 0.6 is 0 Å². The largest absolute Gasteiger partial charge is 0.208 e. The Kier molecular flexibility index (Phi) is 8.10. The van der Waals surface area contributed by atoms with E-state index in [0.717, 1.165) is 46.2 Å². The Hall–Kier alpha value is -7.96. The Bertz CT molecular complexity index is 2940. The smallest absolute Gasteiger partial charge is 0.164 e. The van der Waals surface area contributed by atoms with Crippen LogP contribution in [0.2, 0.25) is 0 Å². The van der Waals surface area contributed by atoms with E-state index in [-0.39, 0.29) is 0 Å². The maximum atomic E-state index is 5.17. The molecule has 3 aliphatic rings. The predicted molar refractivity (Wildman–Crippen MR) is 243 cm³/mol. The topological polar surface area (TPSA) is 77.3 Å². The summed E-state index contributed by atoms with van der Waals surface area (Å²) in [6.07, 6.45) is 6.58. The van der Waals surface area contributed by atoms with Crippen molar-refractivity contribution in [2.75, 3.05) is 0 Å². The van der Waals surface area contributed by atoms with E-state index < -0.39 is 5.41 Å². The summed E-state index contributed by atoms with van der Waals surface area (Å²) in [6.45, 7) is 0. The average Bonchev–Trinajstić information content (AvgIpc) is 3.81. The monoisotopic (exact) mass is 780 g/mol. The first-order valence-electron chi connectivity index (χ1n) is 20.8. The summed E-state index contributed by atoms with van der Waals surface area (Å²) in [4.78, 5) is 30.7. The molecule has 12 rings (SSSR count). The fourth-order valence-electron chi connectivity index (χ4n) is 9.61. The van der Waals surface area contributed by atoms with Gasteiger partial charge >= 0.3 is 0 Å². The van der Waals surface area contributed by atoms with Crippen LogP contribution < -0.4 is 0 Å². The zero-order valence-electron chi connectivity index (χ0n) is 33.1. The van der Waals surface area contributed by atoms with Crippen LogP contribution in [0.25, 0.3) is 85.0 Å². The van der Waals surface area contributed by atoms with E-state index in [4.69, 9.17) is 29.9 Å². The molecular weight excluding hydrogens is 745 g/mol. The van der Waals surface area contributed by atoms with Gasteiger partial charge in [0.2, 0.25) is 0 Å². The molecule has 2 aromatic heterocycles. The van der Waals surface area contributed by atoms with E-state index in [1.54, 1.807) is 0 Å². The van der Waals surface area contributed by atoms with Gasteiger partial charge in [-0.1, -0.05) is 182 Å². The van der Waals surface area contributed by atoms with Gasteiger partial charge in [0.1, 0.15) is 0 Å². The molecule has 6 nitrogen and oxygen atoms in total. The molecule has 0 fully saturated rings. The standard InChI is InChI=1S/C55H36N6/c1-5-17-35(18-6-1)49-56-50(36-19-7-2-8-20-36)59-53(58-49)39-29-31-43-44-32-30-40(54-60-51(37-21-9-3-10-22-37)57-52(61-54)38-23-11-4-12-24-38)34-48(44)55(47(43)33-39)45-27-15-13-25-41(45)42-26-14-16-28-46(42)55/h1-15,17-27,29-34H,16,28H2. The summed E-state index contributed by atoms with van der Waals surface area (Å²) in [5, 5.41) is 0. The molecule has 0 N–H and O–H groups in total. The maximum Gasteiger partial charge on any atom is 0.164 e. The van der Waals surface area contributed by atoms with Gasteiger partial charge in [-0.25, -0.2) is 29.9 Å². The molecule has 0 bridgehead atoms. The number of hydrogen-bond donors (Lipinski definition) is 0. The van der Waals surface area contributed by atoms with Crippen LogP contribution in [-0.4, -0.2) is 29.9 Å². The van der Waals surface area contributed by atoms with Crippen LogP contribution in [0.5, 0.6) is 0 Å². The van der Waals surface area contributed by atoms with Crippen LogP contribution in [0.4, 0.5) is 0 Å². The fraction of sp³-hybridized carbons (Fsp3) is 0.0545. The van der Waals surface area contributed by atoms with Gasteiger partial charge in [-0.05, 0) is 69.5 Å². The number of benzene rings is 7. The van der Waals surface area contributed by atoms with Crippen molar-refractivity contribution in [1.29, 1.82) is 0 Å². The lowest BCUT2D eigenvalue weighted by molar-refractivity contribution is 0.714. The molecule has 1 spiro atoms. The number of nitrogens with zero attached hydrogens (tertiary/aromatic N) is 6. The number of rotatable bonds is 6. The van der Waals surface area contributed by atoms with E-state index in [0.29, 0.717) is 34.9 Å². The lowest BCUT2D eigenvalue weighted by Crippen LogP contribution is -2.28. The van der Waals surface area contributed by atoms with E-state index in [2.05, 4.69) is 121 Å². The number of fused-ring (bicyclic) bond motifs is 9. The summed E-state index contributed by atoms with van der Waals surface area (Å²) in [6, 6.07) is 63.2. The van der Waals surface area contributed by atoms with Crippen molar-refractivity contribution < 1.29 is 0 Å². The molecule has 61 heavy (non-hydrogen) atoms. The molecular formula is C55H36N6. The van der Waals surface area contributed by atoms with Gasteiger partial charge in [0, 0.05) is 33.4 Å². The number of aromatic nitrogens is 6. The summed E-state index contributed by atoms with van der Waals surface area (Å²) >= 11 is 0. The molecule has 3 aliphatic carbocycles. The third kappa shape index (κ3) is 5.64. The van der Waals surface area contributed by atoms with Gasteiger partial charge in [0.25, 0.3) is 0 Å². The molecule has 0 unspecified atom stereocenters. The van der Waals surface area contributed by atoms with Crippen LogP contribution in [0.15, 0.2) is 200 Å². The van der Waals surface area contributed by atoms with Gasteiger partial charge < -0.3 is 0 Å². The van der Waals surface area contributed by atoms with Crippen LogP contribution in [-0.2, 0) is 5.41 Å². The lowest BCUT2D eigenvalue weighted by atomic mass is 9.67. The molecule has 0 saturated heterocycles. The number of hydrogen-bond acceptors (Lipinski definition) is 6. The van der Waals surface area contributed by atoms with Crippen molar-refractivity contribution in [2.24, 2.45) is 0 Å². The second-order valence-corrected chi connectivity index (χ2v) is 15.7. The Balaban J connectivity index is 1.09. The molecule has 0 aliphatic heterocycles. The van der Waals surface area contributed by atoms with Crippen LogP contribution in [0, 0.1) is 0 Å². The highest BCUT2D eigenvalue weighted by molar-refractivity contribution is 5.98. The molecule has 6 heteroatoms. The molecule has 286 valence electrons. The van der Waals surface area contributed by atoms with Crippen molar-refractivity contribution in [3.05, 3.63) is 222 Å². The highest BCUT2D eigenvalue weighted by atomic mass is 15.0. The van der Waals surface area contributed by atoms with Crippen LogP contribution in [0.3, 0.4) is 0 Å². The van der Waals surface area contributed by atoms with Crippen molar-refractivity contribution in [2.45, 2.75) is 18.3 Å². The van der Waals surface area contributed by atoms with Crippen molar-refractivity contribution in [3.63, 3.8) is 0 Å². The predicted octanol–water partition coefficient (Wildman–Crippen LogP) is 12.5. The quantitative estimate of drug-likeness (QED) is 0.167. The second-order valence-electron chi connectivity index (χ2n) is 15.7. The minimum Gasteiger partial charge on any atom is -0.208 e. The molecule has 2 heterocycles. The highest BCUT2D eigenvalue weighted by Crippen LogP contribution is 2.64. The van der Waals surface area contributed by atoms with E-state index in [9.17, 15) is 0 Å². The van der Waals surface area contributed by atoms with Gasteiger partial charge in [-0.3, -0.25) is 0 Å². The molecule has 0 saturated carbocycles. The van der Waals surface area contributed by atoms with Gasteiger partial charge in [-0.15, -0.1) is 0 Å². The Labute approximate surface area is 353 Å². The normalized spacial score (nSPS) is 14.1. The molecule has 0 atom stereocenters. The second kappa shape index (κ2) is 14.1. The summed E-state index contributed by atoms with van der Waals surface area (Å²) in [7, 11) is 0. The minimum atomic E-state index is -0.553. The van der Waals surface area contributed by atoms with E-state index in [1.807, 2.05) is 72.8 Å². The van der Waals surface area contributed by atoms with Crippen molar-refractivity contribution in [3.8, 4) is 79.5 Å². The third-order valence-electron chi connectivity index (χ3n) is 12.3. The fourth-order valence-corrected chi connectivity index (χ4v) is 9.61. The highest BCUT2D eigenvalue weighted by Gasteiger charge is 2.53. The first-order chi connectivity index (χ1) is 30.2. The van der Waals surface area contributed by atoms with Gasteiger partial charge in [0.05, 0.1) is 5.41 Å². The minimum absolute atomic E-state index is 0.553. The van der Waals surface area contributed by atoms with Crippen LogP contribution in [0.1, 0.15) is 35.1 Å². The number of allylic oxidation sites excluding steroid dienone is 4. The van der Waals surface area contributed by atoms with Crippen molar-refractivity contribution >= 4 is 5.57 Å². The van der Waals surface area contributed by atoms with Gasteiger partial charge in [-0.2, -0.15) is 0 Å². The molecule has 0 amide bonds. The summed E-state index contributed by atoms with van der Waals surface area (Å²) < 4.78 is 0. The first-order valence-corrected chi connectivity index (χ1v) is 20.8. The Morgan fingerprint density at radius 3 is 1.13 bits per heavy atom. The third-order valence-corrected chi connectivity index (χ3v) is 12.3. The Morgan fingerprint density at radius 1 is 0.328 bits per heavy atom. The average molecular weight is 781 g/mol. The zero-order chi connectivity index (χ0) is 40.3. The summed E-state index contributed by atoms with van der Waals surface area (Å²) in [5.74, 6) is 3.84.